The van der Waals surface area contributed by atoms with Crippen LogP contribution in [0.1, 0.15) is 75.1 Å². The summed E-state index contributed by atoms with van der Waals surface area (Å²) in [6, 6.07) is 4.15. The Bertz CT molecular complexity index is 699. The predicted octanol–water partition coefficient (Wildman–Crippen LogP) is 4.34. The normalized spacial score (nSPS) is 18.6. The molecule has 2 N–H and O–H groups in total. The Balaban J connectivity index is 1.68. The maximum atomic E-state index is 12.9. The number of nitrogens with one attached hydrogen (secondary N) is 1. The second-order valence-electron chi connectivity index (χ2n) is 8.21. The number of hydrogen-bond acceptors (Lipinski definition) is 5. The molecule has 3 rings (SSSR count). The second-order valence-corrected chi connectivity index (χ2v) is 9.29. The highest BCUT2D eigenvalue weighted by Crippen LogP contribution is 2.29. The standard InChI is InChI=1S/C22H33N3O3S/c1-2-14-29-22-18(21(28)23-17-6-4-3-5-7-17)8-9-19(24-22)25-12-10-16(11-13-25)15-20(26)27/h8-9,16-17H,2-7,10-15H2,1H3,(H,23,28)(H,26,27). The number of aliphatic carboxylic acids is 1. The van der Waals surface area contributed by atoms with Crippen molar-refractivity contribution in [2.75, 3.05) is 23.7 Å². The van der Waals surface area contributed by atoms with Crippen molar-refractivity contribution in [3.05, 3.63) is 17.7 Å². The van der Waals surface area contributed by atoms with E-state index in [1.165, 1.54) is 19.3 Å². The molecular formula is C22H33N3O3S. The maximum Gasteiger partial charge on any atom is 0.303 e. The van der Waals surface area contributed by atoms with E-state index < -0.39 is 5.97 Å². The quantitative estimate of drug-likeness (QED) is 0.610. The van der Waals surface area contributed by atoms with E-state index in [4.69, 9.17) is 10.1 Å². The van der Waals surface area contributed by atoms with Gasteiger partial charge >= 0.3 is 5.97 Å². The fraction of sp³-hybridized carbons (Fsp3) is 0.682. The van der Waals surface area contributed by atoms with Gasteiger partial charge in [-0.2, -0.15) is 0 Å². The van der Waals surface area contributed by atoms with Gasteiger partial charge in [0.15, 0.2) is 0 Å². The molecule has 7 heteroatoms. The molecule has 6 nitrogen and oxygen atoms in total. The maximum absolute atomic E-state index is 12.9. The van der Waals surface area contributed by atoms with E-state index in [2.05, 4.69) is 17.1 Å². The lowest BCUT2D eigenvalue weighted by Crippen LogP contribution is -2.37. The predicted molar refractivity (Wildman–Crippen MR) is 117 cm³/mol. The lowest BCUT2D eigenvalue weighted by atomic mass is 9.93. The summed E-state index contributed by atoms with van der Waals surface area (Å²) in [6.45, 7) is 3.76. The molecule has 29 heavy (non-hydrogen) atoms. The SMILES string of the molecule is CCCSc1nc(N2CCC(CC(=O)O)CC2)ccc1C(=O)NC1CCCCC1. The number of amides is 1. The van der Waals surface area contributed by atoms with Crippen LogP contribution in [0.25, 0.3) is 0 Å². The first-order valence-electron chi connectivity index (χ1n) is 11.0. The number of nitrogens with zero attached hydrogens (tertiary/aromatic N) is 2. The molecule has 0 atom stereocenters. The lowest BCUT2D eigenvalue weighted by Gasteiger charge is -2.32. The van der Waals surface area contributed by atoms with Crippen LogP contribution < -0.4 is 10.2 Å². The number of pyridine rings is 1. The van der Waals surface area contributed by atoms with Gasteiger partial charge in [0.2, 0.25) is 0 Å². The van der Waals surface area contributed by atoms with Gasteiger partial charge in [0.05, 0.1) is 5.56 Å². The highest BCUT2D eigenvalue weighted by atomic mass is 32.2. The van der Waals surface area contributed by atoms with Gasteiger partial charge < -0.3 is 15.3 Å². The first-order valence-corrected chi connectivity index (χ1v) is 12.0. The highest BCUT2D eigenvalue weighted by Gasteiger charge is 2.24. The average Bonchev–Trinajstić information content (AvgIpc) is 2.73. The van der Waals surface area contributed by atoms with Crippen LogP contribution in [0.5, 0.6) is 0 Å². The summed E-state index contributed by atoms with van der Waals surface area (Å²) in [6.07, 6.45) is 8.81. The molecule has 160 valence electrons. The van der Waals surface area contributed by atoms with E-state index in [1.807, 2.05) is 12.1 Å². The van der Waals surface area contributed by atoms with Crippen molar-refractivity contribution >= 4 is 29.5 Å². The molecule has 1 aromatic heterocycles. The number of anilines is 1. The van der Waals surface area contributed by atoms with Gasteiger partial charge in [-0.05, 0) is 55.9 Å². The number of rotatable bonds is 8. The number of carboxylic acids is 1. The van der Waals surface area contributed by atoms with Crippen LogP contribution >= 0.6 is 11.8 Å². The van der Waals surface area contributed by atoms with Gasteiger partial charge in [0, 0.05) is 25.6 Å². The van der Waals surface area contributed by atoms with E-state index in [0.29, 0.717) is 5.56 Å². The summed E-state index contributed by atoms with van der Waals surface area (Å²) in [4.78, 5) is 30.9. The molecule has 1 aliphatic carbocycles. The molecule has 1 amide bonds. The molecule has 0 bridgehead atoms. The van der Waals surface area contributed by atoms with E-state index in [0.717, 1.165) is 61.8 Å². The zero-order valence-corrected chi connectivity index (χ0v) is 18.2. The number of aromatic nitrogens is 1. The largest absolute Gasteiger partial charge is 0.481 e. The van der Waals surface area contributed by atoms with Gasteiger partial charge in [0.25, 0.3) is 5.91 Å². The van der Waals surface area contributed by atoms with E-state index >= 15 is 0 Å². The average molecular weight is 420 g/mol. The van der Waals surface area contributed by atoms with E-state index in [-0.39, 0.29) is 24.3 Å². The number of hydrogen-bond donors (Lipinski definition) is 2. The molecule has 0 radical (unpaired) electrons. The molecule has 1 saturated carbocycles. The fourth-order valence-electron chi connectivity index (χ4n) is 4.21. The third-order valence-electron chi connectivity index (χ3n) is 5.88. The molecule has 1 aliphatic heterocycles. The van der Waals surface area contributed by atoms with Gasteiger partial charge in [0.1, 0.15) is 10.8 Å². The highest BCUT2D eigenvalue weighted by molar-refractivity contribution is 7.99. The van der Waals surface area contributed by atoms with Crippen LogP contribution in [0.15, 0.2) is 17.2 Å². The Hall–Kier alpha value is -1.76. The van der Waals surface area contributed by atoms with Crippen LogP contribution in [-0.4, -0.2) is 46.9 Å². The summed E-state index contributed by atoms with van der Waals surface area (Å²) in [5, 5.41) is 13.0. The van der Waals surface area contributed by atoms with Crippen LogP contribution in [-0.2, 0) is 4.79 Å². The van der Waals surface area contributed by atoms with Crippen LogP contribution in [0.2, 0.25) is 0 Å². The topological polar surface area (TPSA) is 82.5 Å². The van der Waals surface area contributed by atoms with Crippen LogP contribution in [0.3, 0.4) is 0 Å². The zero-order valence-electron chi connectivity index (χ0n) is 17.4. The monoisotopic (exact) mass is 419 g/mol. The third-order valence-corrected chi connectivity index (χ3v) is 7.07. The van der Waals surface area contributed by atoms with Crippen molar-refractivity contribution in [2.24, 2.45) is 5.92 Å². The van der Waals surface area contributed by atoms with Crippen molar-refractivity contribution in [3.8, 4) is 0 Å². The third kappa shape index (κ3) is 6.36. The van der Waals surface area contributed by atoms with Gasteiger partial charge in [-0.25, -0.2) is 4.98 Å². The Morgan fingerprint density at radius 2 is 1.90 bits per heavy atom. The number of thioether (sulfide) groups is 1. The Morgan fingerprint density at radius 1 is 1.17 bits per heavy atom. The Morgan fingerprint density at radius 3 is 2.55 bits per heavy atom. The Kier molecular flexibility index (Phi) is 8.21. The minimum Gasteiger partial charge on any atom is -0.481 e. The fourth-order valence-corrected chi connectivity index (χ4v) is 5.08. The molecule has 0 spiro atoms. The first kappa shape index (κ1) is 21.9. The number of carbonyl (C=O) groups is 2. The molecule has 0 aromatic carbocycles. The second kappa shape index (κ2) is 10.9. The zero-order chi connectivity index (χ0) is 20.6. The van der Waals surface area contributed by atoms with Crippen molar-refractivity contribution in [1.82, 2.24) is 10.3 Å². The molecule has 2 heterocycles. The Labute approximate surface area is 177 Å². The number of carbonyl (C=O) groups excluding carboxylic acids is 1. The minimum absolute atomic E-state index is 0.00489. The van der Waals surface area contributed by atoms with Crippen molar-refractivity contribution in [3.63, 3.8) is 0 Å². The molecular weight excluding hydrogens is 386 g/mol. The smallest absolute Gasteiger partial charge is 0.303 e. The van der Waals surface area contributed by atoms with Crippen LogP contribution in [0, 0.1) is 5.92 Å². The molecule has 2 aliphatic rings. The summed E-state index contributed by atoms with van der Waals surface area (Å²) in [5.74, 6) is 1.36. The minimum atomic E-state index is -0.715. The van der Waals surface area contributed by atoms with E-state index in [9.17, 15) is 9.59 Å². The summed E-state index contributed by atoms with van der Waals surface area (Å²) >= 11 is 1.65. The van der Waals surface area contributed by atoms with Gasteiger partial charge in [-0.3, -0.25) is 9.59 Å². The summed E-state index contributed by atoms with van der Waals surface area (Å²) in [5.41, 5.74) is 0.679. The summed E-state index contributed by atoms with van der Waals surface area (Å²) < 4.78 is 0. The number of carboxylic acid groups (broad SMARTS) is 1. The van der Waals surface area contributed by atoms with Crippen molar-refractivity contribution in [1.29, 1.82) is 0 Å². The van der Waals surface area contributed by atoms with Gasteiger partial charge in [-0.15, -0.1) is 11.8 Å². The summed E-state index contributed by atoms with van der Waals surface area (Å²) in [7, 11) is 0. The lowest BCUT2D eigenvalue weighted by molar-refractivity contribution is -0.138. The van der Waals surface area contributed by atoms with Crippen molar-refractivity contribution in [2.45, 2.75) is 75.8 Å². The van der Waals surface area contributed by atoms with Crippen LogP contribution in [0.4, 0.5) is 5.82 Å². The molecule has 0 unspecified atom stereocenters. The van der Waals surface area contributed by atoms with Gasteiger partial charge in [-0.1, -0.05) is 26.2 Å². The number of piperidine rings is 1. The first-order chi connectivity index (χ1) is 14.1. The molecule has 1 saturated heterocycles. The van der Waals surface area contributed by atoms with E-state index in [1.54, 1.807) is 11.8 Å². The van der Waals surface area contributed by atoms with Crippen molar-refractivity contribution < 1.29 is 14.7 Å². The molecule has 2 fully saturated rings. The molecule has 1 aromatic rings.